The number of rotatable bonds is 5. The van der Waals surface area contributed by atoms with E-state index in [-0.39, 0.29) is 17.7 Å². The first-order chi connectivity index (χ1) is 18.9. The van der Waals surface area contributed by atoms with E-state index in [0.717, 1.165) is 27.8 Å². The number of nitrogens with zero attached hydrogens (tertiary/aromatic N) is 2. The van der Waals surface area contributed by atoms with E-state index in [1.54, 1.807) is 18.3 Å². The summed E-state index contributed by atoms with van der Waals surface area (Å²) < 4.78 is 0. The van der Waals surface area contributed by atoms with Gasteiger partial charge < -0.3 is 5.32 Å². The number of aryl methyl sites for hydroxylation is 1. The minimum Gasteiger partial charge on any atom is -0.348 e. The molecule has 8 nitrogen and oxygen atoms in total. The van der Waals surface area contributed by atoms with Crippen molar-refractivity contribution in [3.05, 3.63) is 101 Å². The van der Waals surface area contributed by atoms with Gasteiger partial charge in [0.15, 0.2) is 0 Å². The first-order valence-electron chi connectivity index (χ1n) is 13.2. The van der Waals surface area contributed by atoms with E-state index in [1.165, 1.54) is 4.90 Å². The van der Waals surface area contributed by atoms with Crippen molar-refractivity contribution in [2.24, 2.45) is 16.9 Å². The molecular formula is C31H28N4O4. The summed E-state index contributed by atoms with van der Waals surface area (Å²) >= 11 is 0. The van der Waals surface area contributed by atoms with Gasteiger partial charge in [-0.2, -0.15) is 5.10 Å². The molecule has 3 aliphatic carbocycles. The van der Waals surface area contributed by atoms with Gasteiger partial charge in [0.25, 0.3) is 0 Å². The predicted molar refractivity (Wildman–Crippen MR) is 146 cm³/mol. The molecule has 2 unspecified atom stereocenters. The highest BCUT2D eigenvalue weighted by Gasteiger charge is 2.68. The van der Waals surface area contributed by atoms with Crippen molar-refractivity contribution in [2.45, 2.75) is 31.6 Å². The Kier molecular flexibility index (Phi) is 5.90. The quantitative estimate of drug-likeness (QED) is 0.233. The molecule has 7 rings (SSSR count). The lowest BCUT2D eigenvalue weighted by atomic mass is 9.47. The van der Waals surface area contributed by atoms with E-state index in [0.29, 0.717) is 18.7 Å². The molecule has 1 heterocycles. The van der Waals surface area contributed by atoms with Gasteiger partial charge in [-0.15, -0.1) is 0 Å². The molecule has 4 aliphatic rings. The third kappa shape index (κ3) is 3.55. The first-order valence-corrected chi connectivity index (χ1v) is 13.2. The number of carbonyl (C=O) groups is 4. The molecule has 2 N–H and O–H groups in total. The summed E-state index contributed by atoms with van der Waals surface area (Å²) in [6, 6.07) is 22.9. The van der Waals surface area contributed by atoms with Crippen LogP contribution in [0, 0.1) is 18.8 Å². The Morgan fingerprint density at radius 3 is 2.13 bits per heavy atom. The maximum absolute atomic E-state index is 14.3. The summed E-state index contributed by atoms with van der Waals surface area (Å²) in [6.07, 6.45) is 2.24. The Hall–Kier alpha value is -4.59. The van der Waals surface area contributed by atoms with Gasteiger partial charge in [-0.05, 0) is 47.7 Å². The van der Waals surface area contributed by atoms with Gasteiger partial charge in [-0.1, -0.05) is 73.2 Å². The molecular weight excluding hydrogens is 492 g/mol. The van der Waals surface area contributed by atoms with Crippen LogP contribution < -0.4 is 15.6 Å². The normalized spacial score (nSPS) is 24.4. The average molecular weight is 521 g/mol. The van der Waals surface area contributed by atoms with E-state index in [9.17, 15) is 19.2 Å². The number of benzene rings is 3. The molecule has 3 aromatic carbocycles. The molecule has 1 fully saturated rings. The molecule has 8 heteroatoms. The Labute approximate surface area is 226 Å². The van der Waals surface area contributed by atoms with Crippen molar-refractivity contribution in [2.75, 3.05) is 11.4 Å². The van der Waals surface area contributed by atoms with Gasteiger partial charge in [0, 0.05) is 18.7 Å². The van der Waals surface area contributed by atoms with Crippen LogP contribution in [0.15, 0.2) is 77.9 Å². The standard InChI is InChI=1S/C31H28N4O4/c1-3-16-32-27(36)28(37)34-33-17-31-22-10-6-4-8-20(22)24(21-9-5-7-11-23(21)31)25-26(31)30(39)35(29(25)38)19-14-12-18(2)13-15-19/h4-15,17,24-26H,3,16H2,1-2H3,(H,32,36)(H,34,37)/b33-17+. The second-order valence-corrected chi connectivity index (χ2v) is 10.3. The fraction of sp³-hybridized carbons (Fsp3) is 0.258. The highest BCUT2D eigenvalue weighted by atomic mass is 16.2. The van der Waals surface area contributed by atoms with Gasteiger partial charge >= 0.3 is 11.8 Å². The summed E-state index contributed by atoms with van der Waals surface area (Å²) in [7, 11) is 0. The largest absolute Gasteiger partial charge is 0.348 e. The van der Waals surface area contributed by atoms with Gasteiger partial charge in [-0.3, -0.25) is 19.2 Å². The van der Waals surface area contributed by atoms with E-state index in [1.807, 2.05) is 74.5 Å². The topological polar surface area (TPSA) is 108 Å². The molecule has 3 aromatic rings. The van der Waals surface area contributed by atoms with E-state index in [2.05, 4.69) is 15.8 Å². The highest BCUT2D eigenvalue weighted by molar-refractivity contribution is 6.35. The Bertz CT molecular complexity index is 1500. The maximum Gasteiger partial charge on any atom is 0.329 e. The summed E-state index contributed by atoms with van der Waals surface area (Å²) in [6.45, 7) is 4.21. The zero-order chi connectivity index (χ0) is 27.3. The molecule has 0 saturated carbocycles. The molecule has 2 atom stereocenters. The first kappa shape index (κ1) is 24.7. The van der Waals surface area contributed by atoms with E-state index in [4.69, 9.17) is 0 Å². The maximum atomic E-state index is 14.3. The van der Waals surface area contributed by atoms with Crippen LogP contribution in [0.3, 0.4) is 0 Å². The van der Waals surface area contributed by atoms with Crippen LogP contribution in [-0.2, 0) is 24.6 Å². The number of anilines is 1. The van der Waals surface area contributed by atoms with Gasteiger partial charge in [0.2, 0.25) is 11.8 Å². The fourth-order valence-electron chi connectivity index (χ4n) is 6.56. The van der Waals surface area contributed by atoms with Crippen molar-refractivity contribution in [3.63, 3.8) is 0 Å². The third-order valence-electron chi connectivity index (χ3n) is 8.15. The lowest BCUT2D eigenvalue weighted by Crippen LogP contribution is -2.55. The number of amides is 4. The zero-order valence-corrected chi connectivity index (χ0v) is 21.7. The molecule has 0 aromatic heterocycles. The number of hydrazone groups is 1. The van der Waals surface area contributed by atoms with Gasteiger partial charge in [0.1, 0.15) is 0 Å². The number of hydrogen-bond acceptors (Lipinski definition) is 5. The van der Waals surface area contributed by atoms with Crippen LogP contribution in [0.5, 0.6) is 0 Å². The summed E-state index contributed by atoms with van der Waals surface area (Å²) in [4.78, 5) is 54.2. The van der Waals surface area contributed by atoms with Crippen LogP contribution >= 0.6 is 0 Å². The van der Waals surface area contributed by atoms with E-state index >= 15 is 0 Å². The van der Waals surface area contributed by atoms with Crippen molar-refractivity contribution in [1.29, 1.82) is 0 Å². The lowest BCUT2D eigenvalue weighted by Gasteiger charge is -2.52. The van der Waals surface area contributed by atoms with Crippen molar-refractivity contribution >= 4 is 35.5 Å². The SMILES string of the molecule is CCCNC(=O)C(=O)N/N=C/C12c3ccccc3C(c3ccccc31)C1C(=O)N(c3ccc(C)cc3)C(=O)C12. The summed E-state index contributed by atoms with van der Waals surface area (Å²) in [5, 5.41) is 6.78. The number of nitrogens with one attached hydrogen (secondary N) is 2. The smallest absolute Gasteiger partial charge is 0.329 e. The minimum atomic E-state index is -1.12. The average Bonchev–Trinajstić information content (AvgIpc) is 3.23. The minimum absolute atomic E-state index is 0.247. The molecule has 1 saturated heterocycles. The lowest BCUT2D eigenvalue weighted by molar-refractivity contribution is -0.139. The van der Waals surface area contributed by atoms with E-state index < -0.39 is 29.1 Å². The molecule has 2 bridgehead atoms. The molecule has 39 heavy (non-hydrogen) atoms. The van der Waals surface area contributed by atoms with Crippen LogP contribution in [0.1, 0.15) is 47.1 Å². The van der Waals surface area contributed by atoms with Crippen LogP contribution in [0.4, 0.5) is 5.69 Å². The molecule has 4 amide bonds. The Balaban J connectivity index is 1.51. The molecule has 0 radical (unpaired) electrons. The van der Waals surface area contributed by atoms with Crippen LogP contribution in [-0.4, -0.2) is 36.4 Å². The second kappa shape index (κ2) is 9.31. The van der Waals surface area contributed by atoms with Gasteiger partial charge in [0.05, 0.1) is 22.9 Å². The van der Waals surface area contributed by atoms with Crippen molar-refractivity contribution < 1.29 is 19.2 Å². The van der Waals surface area contributed by atoms with Crippen LogP contribution in [0.2, 0.25) is 0 Å². The monoisotopic (exact) mass is 520 g/mol. The van der Waals surface area contributed by atoms with Gasteiger partial charge in [-0.25, -0.2) is 10.3 Å². The molecule has 0 spiro atoms. The molecule has 1 aliphatic heterocycles. The highest BCUT2D eigenvalue weighted by Crippen LogP contribution is 2.63. The zero-order valence-electron chi connectivity index (χ0n) is 21.7. The number of imide groups is 1. The Morgan fingerprint density at radius 1 is 0.897 bits per heavy atom. The number of carbonyl (C=O) groups excluding carboxylic acids is 4. The predicted octanol–water partition coefficient (Wildman–Crippen LogP) is 3.17. The second-order valence-electron chi connectivity index (χ2n) is 10.3. The van der Waals surface area contributed by atoms with Crippen molar-refractivity contribution in [1.82, 2.24) is 10.7 Å². The van der Waals surface area contributed by atoms with Crippen molar-refractivity contribution in [3.8, 4) is 0 Å². The fourth-order valence-corrected chi connectivity index (χ4v) is 6.56. The third-order valence-corrected chi connectivity index (χ3v) is 8.15. The summed E-state index contributed by atoms with van der Waals surface area (Å²) in [5.41, 5.74) is 6.44. The Morgan fingerprint density at radius 2 is 1.51 bits per heavy atom. The number of hydrogen-bond donors (Lipinski definition) is 2. The molecule has 196 valence electrons. The summed E-state index contributed by atoms with van der Waals surface area (Å²) in [5.74, 6) is -3.93. The van der Waals surface area contributed by atoms with Crippen LogP contribution in [0.25, 0.3) is 0 Å².